The summed E-state index contributed by atoms with van der Waals surface area (Å²) in [7, 11) is 3.46. The van der Waals surface area contributed by atoms with Gasteiger partial charge in [-0.15, -0.1) is 0 Å². The minimum absolute atomic E-state index is 0.104. The lowest BCUT2D eigenvalue weighted by Gasteiger charge is -2.18. The molecule has 4 nitrogen and oxygen atoms in total. The van der Waals surface area contributed by atoms with Gasteiger partial charge < -0.3 is 9.64 Å². The highest BCUT2D eigenvalue weighted by atomic mass is 16.5. The van der Waals surface area contributed by atoms with Crippen molar-refractivity contribution in [3.8, 4) is 5.75 Å². The quantitative estimate of drug-likeness (QED) is 0.822. The van der Waals surface area contributed by atoms with E-state index in [0.29, 0.717) is 17.4 Å². The molecule has 0 N–H and O–H groups in total. The molecular formula is C14H20N2O2. The van der Waals surface area contributed by atoms with Gasteiger partial charge in [-0.25, -0.2) is 4.98 Å². The molecule has 1 amide bonds. The fraction of sp³-hybridized carbons (Fsp3) is 0.571. The maximum Gasteiger partial charge on any atom is 0.275 e. The van der Waals surface area contributed by atoms with Crippen LogP contribution in [0.1, 0.15) is 48.7 Å². The van der Waals surface area contributed by atoms with E-state index in [1.807, 2.05) is 6.07 Å². The fourth-order valence-electron chi connectivity index (χ4n) is 1.76. The summed E-state index contributed by atoms with van der Waals surface area (Å²) in [5.74, 6) is 0.886. The number of hydrogen-bond donors (Lipinski definition) is 0. The average molecular weight is 248 g/mol. The van der Waals surface area contributed by atoms with E-state index in [0.717, 1.165) is 18.4 Å². The van der Waals surface area contributed by atoms with Gasteiger partial charge in [-0.05, 0) is 24.8 Å². The Kier molecular flexibility index (Phi) is 3.55. The normalized spacial score (nSPS) is 14.7. The van der Waals surface area contributed by atoms with Gasteiger partial charge in [0.05, 0.1) is 6.10 Å². The number of carbonyl (C=O) groups excluding carboxylic acids is 1. The van der Waals surface area contributed by atoms with Crippen LogP contribution in [-0.4, -0.2) is 36.0 Å². The molecule has 0 aliphatic heterocycles. The molecule has 2 rings (SSSR count). The predicted octanol–water partition coefficient (Wildman–Crippen LogP) is 2.45. The van der Waals surface area contributed by atoms with Crippen molar-refractivity contribution in [2.24, 2.45) is 0 Å². The first kappa shape index (κ1) is 12.9. The molecule has 0 radical (unpaired) electrons. The summed E-state index contributed by atoms with van der Waals surface area (Å²) >= 11 is 0. The van der Waals surface area contributed by atoms with Gasteiger partial charge in [-0.3, -0.25) is 4.79 Å². The molecule has 98 valence electrons. The third-order valence-electron chi connectivity index (χ3n) is 2.97. The standard InChI is InChI=1S/C14H20N2O2/c1-9(2)11-7-8-15-12(14(17)16(3)4)13(11)18-10-5-6-10/h7-10H,5-6H2,1-4H3. The number of nitrogens with zero attached hydrogens (tertiary/aromatic N) is 2. The van der Waals surface area contributed by atoms with E-state index in [-0.39, 0.29) is 12.0 Å². The lowest BCUT2D eigenvalue weighted by molar-refractivity contribution is 0.0816. The number of amides is 1. The molecule has 0 aromatic carbocycles. The summed E-state index contributed by atoms with van der Waals surface area (Å²) in [6, 6.07) is 1.94. The van der Waals surface area contributed by atoms with E-state index in [4.69, 9.17) is 4.74 Å². The maximum absolute atomic E-state index is 12.1. The smallest absolute Gasteiger partial charge is 0.275 e. The molecule has 18 heavy (non-hydrogen) atoms. The summed E-state index contributed by atoms with van der Waals surface area (Å²) in [6.07, 6.45) is 4.09. The van der Waals surface area contributed by atoms with Gasteiger partial charge in [-0.2, -0.15) is 0 Å². The lowest BCUT2D eigenvalue weighted by Crippen LogP contribution is -2.24. The van der Waals surface area contributed by atoms with Gasteiger partial charge in [0, 0.05) is 25.9 Å². The zero-order valence-corrected chi connectivity index (χ0v) is 11.4. The summed E-state index contributed by atoms with van der Waals surface area (Å²) in [6.45, 7) is 4.19. The van der Waals surface area contributed by atoms with Crippen molar-refractivity contribution < 1.29 is 9.53 Å². The summed E-state index contributed by atoms with van der Waals surface area (Å²) in [4.78, 5) is 17.9. The van der Waals surface area contributed by atoms with Crippen LogP contribution in [0.4, 0.5) is 0 Å². The van der Waals surface area contributed by atoms with Crippen molar-refractivity contribution in [3.63, 3.8) is 0 Å². The van der Waals surface area contributed by atoms with Gasteiger partial charge in [-0.1, -0.05) is 13.8 Å². The molecule has 1 aliphatic rings. The Morgan fingerprint density at radius 2 is 2.11 bits per heavy atom. The Balaban J connectivity index is 2.42. The van der Waals surface area contributed by atoms with Crippen molar-refractivity contribution in [1.29, 1.82) is 0 Å². The second-order valence-corrected chi connectivity index (χ2v) is 5.25. The molecule has 0 unspecified atom stereocenters. The van der Waals surface area contributed by atoms with Crippen LogP contribution in [0.5, 0.6) is 5.75 Å². The van der Waals surface area contributed by atoms with Crippen molar-refractivity contribution in [2.45, 2.75) is 38.7 Å². The first-order chi connectivity index (χ1) is 8.50. The average Bonchev–Trinajstić information content (AvgIpc) is 3.11. The van der Waals surface area contributed by atoms with E-state index in [1.165, 1.54) is 4.90 Å². The fourth-order valence-corrected chi connectivity index (χ4v) is 1.76. The number of ether oxygens (including phenoxy) is 1. The Morgan fingerprint density at radius 3 is 2.61 bits per heavy atom. The number of hydrogen-bond acceptors (Lipinski definition) is 3. The molecule has 0 atom stereocenters. The Hall–Kier alpha value is -1.58. The number of carbonyl (C=O) groups is 1. The van der Waals surface area contributed by atoms with Crippen molar-refractivity contribution in [1.82, 2.24) is 9.88 Å². The van der Waals surface area contributed by atoms with Crippen LogP contribution < -0.4 is 4.74 Å². The second kappa shape index (κ2) is 4.96. The zero-order valence-electron chi connectivity index (χ0n) is 11.4. The maximum atomic E-state index is 12.1. The molecule has 1 aliphatic carbocycles. The van der Waals surface area contributed by atoms with Crippen molar-refractivity contribution in [2.75, 3.05) is 14.1 Å². The van der Waals surface area contributed by atoms with Crippen molar-refractivity contribution in [3.05, 3.63) is 23.5 Å². The second-order valence-electron chi connectivity index (χ2n) is 5.25. The highest BCUT2D eigenvalue weighted by molar-refractivity contribution is 5.95. The van der Waals surface area contributed by atoms with E-state index in [1.54, 1.807) is 20.3 Å². The molecule has 0 spiro atoms. The Bertz CT molecular complexity index is 451. The summed E-state index contributed by atoms with van der Waals surface area (Å²) in [5, 5.41) is 0. The SMILES string of the molecule is CC(C)c1ccnc(C(=O)N(C)C)c1OC1CC1. The van der Waals surface area contributed by atoms with Gasteiger partial charge in [0.2, 0.25) is 0 Å². The number of rotatable bonds is 4. The van der Waals surface area contributed by atoms with Gasteiger partial charge in [0.1, 0.15) is 0 Å². The van der Waals surface area contributed by atoms with E-state index >= 15 is 0 Å². The van der Waals surface area contributed by atoms with Crippen LogP contribution >= 0.6 is 0 Å². The highest BCUT2D eigenvalue weighted by Crippen LogP contribution is 2.34. The molecule has 0 bridgehead atoms. The molecule has 1 saturated carbocycles. The van der Waals surface area contributed by atoms with Gasteiger partial charge >= 0.3 is 0 Å². The first-order valence-electron chi connectivity index (χ1n) is 6.38. The zero-order chi connectivity index (χ0) is 13.3. The van der Waals surface area contributed by atoms with Crippen LogP contribution in [0, 0.1) is 0 Å². The van der Waals surface area contributed by atoms with Crippen molar-refractivity contribution >= 4 is 5.91 Å². The molecular weight excluding hydrogens is 228 g/mol. The van der Waals surface area contributed by atoms with Crippen LogP contribution in [0.25, 0.3) is 0 Å². The van der Waals surface area contributed by atoms with Gasteiger partial charge in [0.25, 0.3) is 5.91 Å². The summed E-state index contributed by atoms with van der Waals surface area (Å²) in [5.41, 5.74) is 1.49. The van der Waals surface area contributed by atoms with Crippen LogP contribution in [0.15, 0.2) is 12.3 Å². The van der Waals surface area contributed by atoms with Crippen LogP contribution in [-0.2, 0) is 0 Å². The predicted molar refractivity (Wildman–Crippen MR) is 70.0 cm³/mol. The largest absolute Gasteiger partial charge is 0.488 e. The minimum Gasteiger partial charge on any atom is -0.488 e. The Morgan fingerprint density at radius 1 is 1.44 bits per heavy atom. The van der Waals surface area contributed by atoms with E-state index < -0.39 is 0 Å². The molecule has 1 heterocycles. The highest BCUT2D eigenvalue weighted by Gasteiger charge is 2.29. The van der Waals surface area contributed by atoms with Crippen LogP contribution in [0.3, 0.4) is 0 Å². The van der Waals surface area contributed by atoms with Crippen LogP contribution in [0.2, 0.25) is 0 Å². The minimum atomic E-state index is -0.104. The van der Waals surface area contributed by atoms with E-state index in [2.05, 4.69) is 18.8 Å². The molecule has 1 aromatic rings. The first-order valence-corrected chi connectivity index (χ1v) is 6.38. The number of aromatic nitrogens is 1. The van der Waals surface area contributed by atoms with Gasteiger partial charge in [0.15, 0.2) is 11.4 Å². The molecule has 0 saturated heterocycles. The summed E-state index contributed by atoms with van der Waals surface area (Å²) < 4.78 is 5.91. The monoisotopic (exact) mass is 248 g/mol. The Labute approximate surface area is 108 Å². The van der Waals surface area contributed by atoms with E-state index in [9.17, 15) is 4.79 Å². The number of pyridine rings is 1. The third-order valence-corrected chi connectivity index (χ3v) is 2.97. The lowest BCUT2D eigenvalue weighted by atomic mass is 10.0. The molecule has 1 aromatic heterocycles. The third kappa shape index (κ3) is 2.63. The molecule has 4 heteroatoms. The topological polar surface area (TPSA) is 42.4 Å². The molecule has 1 fully saturated rings.